The highest BCUT2D eigenvalue weighted by Crippen LogP contribution is 2.27. The standard InChI is InChI=1S/C13H23ClN4O/c1-4-5-15-12(11-9-17(2)6-7-19-11)13-10(14)8-16-18(13)3/h8,11-12,15H,4-7,9H2,1-3H3. The summed E-state index contributed by atoms with van der Waals surface area (Å²) in [6, 6.07) is 0.0858. The first-order valence-corrected chi connectivity index (χ1v) is 7.22. The van der Waals surface area contributed by atoms with Crippen molar-refractivity contribution in [3.63, 3.8) is 0 Å². The third kappa shape index (κ3) is 3.48. The van der Waals surface area contributed by atoms with Crippen molar-refractivity contribution in [1.29, 1.82) is 0 Å². The van der Waals surface area contributed by atoms with E-state index in [-0.39, 0.29) is 12.1 Å². The molecule has 0 spiro atoms. The molecular formula is C13H23ClN4O. The minimum absolute atomic E-state index is 0.0858. The maximum atomic E-state index is 6.28. The van der Waals surface area contributed by atoms with Gasteiger partial charge in [-0.3, -0.25) is 4.68 Å². The molecule has 1 aromatic heterocycles. The molecule has 1 aliphatic rings. The molecule has 0 bridgehead atoms. The van der Waals surface area contributed by atoms with E-state index in [1.165, 1.54) is 0 Å². The molecule has 2 heterocycles. The van der Waals surface area contributed by atoms with Crippen molar-refractivity contribution in [2.75, 3.05) is 33.3 Å². The van der Waals surface area contributed by atoms with E-state index in [0.717, 1.165) is 38.4 Å². The monoisotopic (exact) mass is 286 g/mol. The fraction of sp³-hybridized carbons (Fsp3) is 0.769. The Hall–Kier alpha value is -0.620. The molecular weight excluding hydrogens is 264 g/mol. The fourth-order valence-corrected chi connectivity index (χ4v) is 2.77. The van der Waals surface area contributed by atoms with Crippen LogP contribution >= 0.6 is 11.6 Å². The van der Waals surface area contributed by atoms with Crippen LogP contribution in [0, 0.1) is 0 Å². The normalized spacial score (nSPS) is 22.6. The number of ether oxygens (including phenoxy) is 1. The van der Waals surface area contributed by atoms with Crippen molar-refractivity contribution in [1.82, 2.24) is 20.0 Å². The van der Waals surface area contributed by atoms with Gasteiger partial charge in [0.1, 0.15) is 0 Å². The molecule has 0 saturated carbocycles. The van der Waals surface area contributed by atoms with Gasteiger partial charge in [0.05, 0.1) is 35.7 Å². The minimum Gasteiger partial charge on any atom is -0.374 e. The second kappa shape index (κ2) is 6.70. The van der Waals surface area contributed by atoms with Gasteiger partial charge in [0.2, 0.25) is 0 Å². The van der Waals surface area contributed by atoms with Crippen LogP contribution in [0.25, 0.3) is 0 Å². The Labute approximate surface area is 119 Å². The number of aryl methyl sites for hydroxylation is 1. The predicted octanol–water partition coefficient (Wildman–Crippen LogP) is 1.44. The van der Waals surface area contributed by atoms with Gasteiger partial charge in [-0.05, 0) is 20.0 Å². The van der Waals surface area contributed by atoms with Crippen LogP contribution in [0.4, 0.5) is 0 Å². The number of hydrogen-bond donors (Lipinski definition) is 1. The first-order chi connectivity index (χ1) is 9.13. The minimum atomic E-state index is 0.0858. The fourth-order valence-electron chi connectivity index (χ4n) is 2.49. The van der Waals surface area contributed by atoms with E-state index in [9.17, 15) is 0 Å². The van der Waals surface area contributed by atoms with Crippen LogP contribution in [0.1, 0.15) is 25.1 Å². The summed E-state index contributed by atoms with van der Waals surface area (Å²) in [5.74, 6) is 0. The van der Waals surface area contributed by atoms with Gasteiger partial charge in [0.15, 0.2) is 0 Å². The summed E-state index contributed by atoms with van der Waals surface area (Å²) in [4.78, 5) is 2.29. The van der Waals surface area contributed by atoms with E-state index in [1.807, 2.05) is 11.7 Å². The number of aromatic nitrogens is 2. The summed E-state index contributed by atoms with van der Waals surface area (Å²) in [7, 11) is 4.05. The topological polar surface area (TPSA) is 42.3 Å². The number of nitrogens with one attached hydrogen (secondary N) is 1. The van der Waals surface area contributed by atoms with Gasteiger partial charge in [-0.25, -0.2) is 0 Å². The molecule has 108 valence electrons. The molecule has 19 heavy (non-hydrogen) atoms. The smallest absolute Gasteiger partial charge is 0.0912 e. The zero-order chi connectivity index (χ0) is 13.8. The van der Waals surface area contributed by atoms with Crippen LogP contribution in [0.2, 0.25) is 5.02 Å². The molecule has 2 rings (SSSR count). The molecule has 2 atom stereocenters. The Kier molecular flexibility index (Phi) is 5.21. The van der Waals surface area contributed by atoms with Gasteiger partial charge in [0.25, 0.3) is 0 Å². The predicted molar refractivity (Wildman–Crippen MR) is 76.5 cm³/mol. The first kappa shape index (κ1) is 14.8. The van der Waals surface area contributed by atoms with Crippen LogP contribution in [-0.2, 0) is 11.8 Å². The van der Waals surface area contributed by atoms with Crippen LogP contribution in [0.15, 0.2) is 6.20 Å². The van der Waals surface area contributed by atoms with E-state index in [2.05, 4.69) is 29.3 Å². The maximum absolute atomic E-state index is 6.28. The molecule has 6 heteroatoms. The first-order valence-electron chi connectivity index (χ1n) is 6.84. The SMILES string of the molecule is CCCNC(c1c(Cl)cnn1C)C1CN(C)CCO1. The molecule has 0 radical (unpaired) electrons. The number of halogens is 1. The van der Waals surface area contributed by atoms with E-state index in [4.69, 9.17) is 16.3 Å². The summed E-state index contributed by atoms with van der Waals surface area (Å²) < 4.78 is 7.78. The Bertz CT molecular complexity index is 390. The van der Waals surface area contributed by atoms with Gasteiger partial charge < -0.3 is 15.0 Å². The Morgan fingerprint density at radius 3 is 2.95 bits per heavy atom. The lowest BCUT2D eigenvalue weighted by Crippen LogP contribution is -2.47. The summed E-state index contributed by atoms with van der Waals surface area (Å²) in [5.41, 5.74) is 1.01. The van der Waals surface area contributed by atoms with Gasteiger partial charge in [-0.1, -0.05) is 18.5 Å². The van der Waals surface area contributed by atoms with Gasteiger partial charge in [-0.2, -0.15) is 5.10 Å². The summed E-state index contributed by atoms with van der Waals surface area (Å²) in [6.07, 6.45) is 2.89. The van der Waals surface area contributed by atoms with E-state index < -0.39 is 0 Å². The quantitative estimate of drug-likeness (QED) is 0.890. The lowest BCUT2D eigenvalue weighted by atomic mass is 10.1. The van der Waals surface area contributed by atoms with Crippen LogP contribution in [0.5, 0.6) is 0 Å². The second-order valence-electron chi connectivity index (χ2n) is 5.10. The number of rotatable bonds is 5. The molecule has 2 unspecified atom stereocenters. The Morgan fingerprint density at radius 2 is 2.37 bits per heavy atom. The van der Waals surface area contributed by atoms with Crippen molar-refractivity contribution in [2.24, 2.45) is 7.05 Å². The average molecular weight is 287 g/mol. The third-order valence-corrected chi connectivity index (χ3v) is 3.81. The van der Waals surface area contributed by atoms with E-state index in [1.54, 1.807) is 6.20 Å². The summed E-state index contributed by atoms with van der Waals surface area (Å²) in [6.45, 7) is 5.75. The molecule has 0 amide bonds. The van der Waals surface area contributed by atoms with Gasteiger partial charge >= 0.3 is 0 Å². The average Bonchev–Trinajstić information content (AvgIpc) is 2.71. The Balaban J connectivity index is 2.20. The number of morpholine rings is 1. The van der Waals surface area contributed by atoms with E-state index >= 15 is 0 Å². The highest BCUT2D eigenvalue weighted by atomic mass is 35.5. The van der Waals surface area contributed by atoms with Gasteiger partial charge in [-0.15, -0.1) is 0 Å². The number of likely N-dealkylation sites (N-methyl/N-ethyl adjacent to an activating group) is 1. The van der Waals surface area contributed by atoms with E-state index in [0.29, 0.717) is 5.02 Å². The van der Waals surface area contributed by atoms with Crippen LogP contribution < -0.4 is 5.32 Å². The van der Waals surface area contributed by atoms with Crippen molar-refractivity contribution in [3.8, 4) is 0 Å². The van der Waals surface area contributed by atoms with Crippen molar-refractivity contribution in [3.05, 3.63) is 16.9 Å². The van der Waals surface area contributed by atoms with Crippen LogP contribution in [0.3, 0.4) is 0 Å². The van der Waals surface area contributed by atoms with Crippen molar-refractivity contribution in [2.45, 2.75) is 25.5 Å². The van der Waals surface area contributed by atoms with Crippen LogP contribution in [-0.4, -0.2) is 54.1 Å². The maximum Gasteiger partial charge on any atom is 0.0912 e. The molecule has 1 N–H and O–H groups in total. The van der Waals surface area contributed by atoms with Crippen molar-refractivity contribution >= 4 is 11.6 Å². The largest absolute Gasteiger partial charge is 0.374 e. The number of nitrogens with zero attached hydrogens (tertiary/aromatic N) is 3. The highest BCUT2D eigenvalue weighted by Gasteiger charge is 2.31. The van der Waals surface area contributed by atoms with Crippen molar-refractivity contribution < 1.29 is 4.74 Å². The second-order valence-corrected chi connectivity index (χ2v) is 5.51. The molecule has 0 aliphatic carbocycles. The molecule has 5 nitrogen and oxygen atoms in total. The zero-order valence-corrected chi connectivity index (χ0v) is 12.7. The zero-order valence-electron chi connectivity index (χ0n) is 11.9. The highest BCUT2D eigenvalue weighted by molar-refractivity contribution is 6.31. The van der Waals surface area contributed by atoms with Gasteiger partial charge in [0, 0.05) is 20.1 Å². The summed E-state index contributed by atoms with van der Waals surface area (Å²) in [5, 5.41) is 8.48. The summed E-state index contributed by atoms with van der Waals surface area (Å²) >= 11 is 6.28. The molecule has 1 aliphatic heterocycles. The Morgan fingerprint density at radius 1 is 1.58 bits per heavy atom. The lowest BCUT2D eigenvalue weighted by Gasteiger charge is -2.35. The molecule has 1 fully saturated rings. The molecule has 1 aromatic rings. The molecule has 1 saturated heterocycles. The third-order valence-electron chi connectivity index (χ3n) is 3.51. The lowest BCUT2D eigenvalue weighted by molar-refractivity contribution is -0.0405. The number of hydrogen-bond acceptors (Lipinski definition) is 4. The molecule has 0 aromatic carbocycles.